The number of para-hydroxylation sites is 2. The summed E-state index contributed by atoms with van der Waals surface area (Å²) in [6.45, 7) is 5.61. The van der Waals surface area contributed by atoms with Gasteiger partial charge in [0, 0.05) is 0 Å². The second-order valence-electron chi connectivity index (χ2n) is 2.26. The van der Waals surface area contributed by atoms with Crippen LogP contribution in [-0.2, 0) is 0 Å². The van der Waals surface area contributed by atoms with Crippen molar-refractivity contribution >= 4 is 0 Å². The molecule has 1 aliphatic heterocycles. The van der Waals surface area contributed by atoms with Crippen molar-refractivity contribution in [1.82, 2.24) is 0 Å². The van der Waals surface area contributed by atoms with Crippen molar-refractivity contribution in [3.8, 4) is 11.5 Å². The van der Waals surface area contributed by atoms with Crippen molar-refractivity contribution in [1.29, 1.82) is 0 Å². The first-order valence-corrected chi connectivity index (χ1v) is 3.80. The first-order chi connectivity index (χ1) is 5.88. The molecule has 1 heterocycles. The minimum atomic E-state index is 0.360. The molecule has 64 valence electrons. The lowest BCUT2D eigenvalue weighted by molar-refractivity contribution is 0.174. The van der Waals surface area contributed by atoms with E-state index in [1.165, 1.54) is 0 Å². The van der Waals surface area contributed by atoms with E-state index >= 15 is 0 Å². The van der Waals surface area contributed by atoms with E-state index in [1.807, 2.05) is 31.2 Å². The summed E-state index contributed by atoms with van der Waals surface area (Å²) in [5.74, 6) is 1.69. The van der Waals surface area contributed by atoms with Crippen LogP contribution in [0.3, 0.4) is 0 Å². The molecule has 0 saturated heterocycles. The van der Waals surface area contributed by atoms with Crippen molar-refractivity contribution in [3.05, 3.63) is 36.9 Å². The smallest absolute Gasteiger partial charge is 0.231 e. The predicted octanol–water partition coefficient (Wildman–Crippen LogP) is 2.61. The van der Waals surface area contributed by atoms with E-state index < -0.39 is 0 Å². The van der Waals surface area contributed by atoms with Crippen LogP contribution < -0.4 is 9.47 Å². The number of hydrogen-bond donors (Lipinski definition) is 0. The second-order valence-corrected chi connectivity index (χ2v) is 2.26. The van der Waals surface area contributed by atoms with Crippen LogP contribution in [0.25, 0.3) is 0 Å². The Morgan fingerprint density at radius 2 is 1.67 bits per heavy atom. The third-order valence-electron chi connectivity index (χ3n) is 1.28. The third-order valence-corrected chi connectivity index (χ3v) is 1.28. The highest BCUT2D eigenvalue weighted by atomic mass is 16.7. The van der Waals surface area contributed by atoms with E-state index in [2.05, 4.69) is 6.58 Å². The molecule has 2 rings (SSSR count). The molecule has 1 aromatic rings. The monoisotopic (exact) mass is 164 g/mol. The van der Waals surface area contributed by atoms with Gasteiger partial charge in [0.2, 0.25) is 6.79 Å². The normalized spacial score (nSPS) is 11.4. The zero-order chi connectivity index (χ0) is 8.81. The van der Waals surface area contributed by atoms with Crippen LogP contribution >= 0.6 is 0 Å². The zero-order valence-electron chi connectivity index (χ0n) is 7.12. The quantitative estimate of drug-likeness (QED) is 0.549. The van der Waals surface area contributed by atoms with Gasteiger partial charge < -0.3 is 9.47 Å². The molecule has 0 aromatic heterocycles. The number of benzene rings is 1. The van der Waals surface area contributed by atoms with Gasteiger partial charge >= 0.3 is 0 Å². The maximum Gasteiger partial charge on any atom is 0.231 e. The first kappa shape index (κ1) is 8.65. The van der Waals surface area contributed by atoms with Gasteiger partial charge in [0.05, 0.1) is 0 Å². The van der Waals surface area contributed by atoms with Crippen LogP contribution in [0.1, 0.15) is 6.92 Å². The predicted molar refractivity (Wildman–Crippen MR) is 48.4 cm³/mol. The lowest BCUT2D eigenvalue weighted by Gasteiger charge is -1.89. The molecule has 0 saturated carbocycles. The molecule has 1 aromatic carbocycles. The third kappa shape index (κ3) is 2.02. The Hall–Kier alpha value is -1.44. The Morgan fingerprint density at radius 1 is 1.25 bits per heavy atom. The van der Waals surface area contributed by atoms with Crippen molar-refractivity contribution in [3.63, 3.8) is 0 Å². The summed E-state index contributed by atoms with van der Waals surface area (Å²) in [6, 6.07) is 7.63. The fourth-order valence-corrected chi connectivity index (χ4v) is 0.845. The minimum absolute atomic E-state index is 0.360. The van der Waals surface area contributed by atoms with Crippen LogP contribution in [-0.4, -0.2) is 6.79 Å². The van der Waals surface area contributed by atoms with Crippen LogP contribution in [0.15, 0.2) is 36.9 Å². The van der Waals surface area contributed by atoms with E-state index in [4.69, 9.17) is 9.47 Å². The molecule has 0 aliphatic carbocycles. The minimum Gasteiger partial charge on any atom is -0.454 e. The molecule has 0 bridgehead atoms. The first-order valence-electron chi connectivity index (χ1n) is 3.80. The molecule has 12 heavy (non-hydrogen) atoms. The average Bonchev–Trinajstić information content (AvgIpc) is 2.52. The summed E-state index contributed by atoms with van der Waals surface area (Å²) in [5, 5.41) is 0. The summed E-state index contributed by atoms with van der Waals surface area (Å²) in [7, 11) is 0. The maximum absolute atomic E-state index is 5.08. The molecule has 0 fully saturated rings. The van der Waals surface area contributed by atoms with Crippen LogP contribution in [0, 0.1) is 0 Å². The number of fused-ring (bicyclic) bond motifs is 1. The van der Waals surface area contributed by atoms with Crippen LogP contribution in [0.5, 0.6) is 11.5 Å². The van der Waals surface area contributed by atoms with Gasteiger partial charge in [-0.15, -0.1) is 6.58 Å². The number of hydrogen-bond acceptors (Lipinski definition) is 2. The highest BCUT2D eigenvalue weighted by Gasteiger charge is 2.09. The second kappa shape index (κ2) is 4.44. The summed E-state index contributed by atoms with van der Waals surface area (Å²) in [6.07, 6.45) is 1.75. The molecular weight excluding hydrogens is 152 g/mol. The molecule has 0 spiro atoms. The summed E-state index contributed by atoms with van der Waals surface area (Å²) < 4.78 is 10.2. The summed E-state index contributed by atoms with van der Waals surface area (Å²) in [4.78, 5) is 0. The van der Waals surface area contributed by atoms with Gasteiger partial charge in [-0.1, -0.05) is 18.2 Å². The number of rotatable bonds is 0. The van der Waals surface area contributed by atoms with E-state index in [1.54, 1.807) is 6.08 Å². The van der Waals surface area contributed by atoms with E-state index in [9.17, 15) is 0 Å². The molecule has 0 amide bonds. The fourth-order valence-electron chi connectivity index (χ4n) is 0.845. The highest BCUT2D eigenvalue weighted by molar-refractivity contribution is 5.40. The Morgan fingerprint density at radius 3 is 2.08 bits per heavy atom. The van der Waals surface area contributed by atoms with E-state index in [0.29, 0.717) is 6.79 Å². The molecule has 1 aliphatic rings. The van der Waals surface area contributed by atoms with E-state index in [-0.39, 0.29) is 0 Å². The molecule has 2 heteroatoms. The van der Waals surface area contributed by atoms with Crippen LogP contribution in [0.2, 0.25) is 0 Å². The Kier molecular flexibility index (Phi) is 3.20. The van der Waals surface area contributed by atoms with Crippen molar-refractivity contribution < 1.29 is 9.47 Å². The van der Waals surface area contributed by atoms with Gasteiger partial charge in [-0.2, -0.15) is 0 Å². The van der Waals surface area contributed by atoms with E-state index in [0.717, 1.165) is 11.5 Å². The zero-order valence-corrected chi connectivity index (χ0v) is 7.12. The standard InChI is InChI=1S/C7H6O2.C3H6/c1-2-4-7-6(3-1)8-5-9-7;1-3-2/h1-4H,5H2;3H,1H2,2H3. The Balaban J connectivity index is 0.000000213. The molecular formula is C10H12O2. The molecule has 0 atom stereocenters. The Bertz CT molecular complexity index is 233. The fraction of sp³-hybridized carbons (Fsp3) is 0.200. The molecule has 0 unspecified atom stereocenters. The molecule has 0 N–H and O–H groups in total. The summed E-state index contributed by atoms with van der Waals surface area (Å²) in [5.41, 5.74) is 0. The number of ether oxygens (including phenoxy) is 2. The lowest BCUT2D eigenvalue weighted by Crippen LogP contribution is -1.92. The van der Waals surface area contributed by atoms with Gasteiger partial charge in [-0.05, 0) is 19.1 Å². The van der Waals surface area contributed by atoms with Crippen LogP contribution in [0.4, 0.5) is 0 Å². The largest absolute Gasteiger partial charge is 0.454 e. The average molecular weight is 164 g/mol. The topological polar surface area (TPSA) is 18.5 Å². The van der Waals surface area contributed by atoms with Gasteiger partial charge in [-0.25, -0.2) is 0 Å². The molecule has 0 radical (unpaired) electrons. The Labute approximate surface area is 72.4 Å². The van der Waals surface area contributed by atoms with Crippen molar-refractivity contribution in [2.24, 2.45) is 0 Å². The molecule has 2 nitrogen and oxygen atoms in total. The van der Waals surface area contributed by atoms with Gasteiger partial charge in [0.15, 0.2) is 11.5 Å². The van der Waals surface area contributed by atoms with Gasteiger partial charge in [0.25, 0.3) is 0 Å². The van der Waals surface area contributed by atoms with Crippen molar-refractivity contribution in [2.75, 3.05) is 6.79 Å². The lowest BCUT2D eigenvalue weighted by atomic mass is 10.3. The highest BCUT2D eigenvalue weighted by Crippen LogP contribution is 2.30. The van der Waals surface area contributed by atoms with Gasteiger partial charge in [-0.3, -0.25) is 0 Å². The van der Waals surface area contributed by atoms with Crippen molar-refractivity contribution in [2.45, 2.75) is 6.92 Å². The maximum atomic E-state index is 5.08. The summed E-state index contributed by atoms with van der Waals surface area (Å²) >= 11 is 0. The van der Waals surface area contributed by atoms with Gasteiger partial charge in [0.1, 0.15) is 0 Å². The number of allylic oxidation sites excluding steroid dienone is 1. The SMILES string of the molecule is C=CC.c1ccc2c(c1)OCO2.